The van der Waals surface area contributed by atoms with Gasteiger partial charge in [-0.25, -0.2) is 4.39 Å². The van der Waals surface area contributed by atoms with Crippen LogP contribution in [0.5, 0.6) is 0 Å². The summed E-state index contributed by atoms with van der Waals surface area (Å²) in [6, 6.07) is 4.57. The third-order valence-corrected chi connectivity index (χ3v) is 3.85. The molecule has 2 rings (SSSR count). The van der Waals surface area contributed by atoms with E-state index >= 15 is 0 Å². The van der Waals surface area contributed by atoms with Crippen LogP contribution in [0.1, 0.15) is 24.0 Å². The molecule has 3 nitrogen and oxygen atoms in total. The second kappa shape index (κ2) is 5.06. The van der Waals surface area contributed by atoms with E-state index in [4.69, 9.17) is 0 Å². The zero-order chi connectivity index (χ0) is 13.2. The van der Waals surface area contributed by atoms with Crippen LogP contribution in [0.2, 0.25) is 0 Å². The number of benzene rings is 1. The van der Waals surface area contributed by atoms with E-state index in [0.717, 1.165) is 24.2 Å². The van der Waals surface area contributed by atoms with Crippen LogP contribution in [0.3, 0.4) is 0 Å². The highest BCUT2D eigenvalue weighted by Crippen LogP contribution is 2.34. The van der Waals surface area contributed by atoms with Gasteiger partial charge in [0.2, 0.25) is 0 Å². The van der Waals surface area contributed by atoms with Gasteiger partial charge >= 0.3 is 5.97 Å². The Bertz CT molecular complexity index is 453. The van der Waals surface area contributed by atoms with Crippen molar-refractivity contribution in [3.05, 3.63) is 35.1 Å². The topological polar surface area (TPSA) is 49.3 Å². The molecule has 0 radical (unpaired) electrons. The molecule has 0 bridgehead atoms. The number of nitrogens with one attached hydrogen (secondary N) is 1. The lowest BCUT2D eigenvalue weighted by atomic mass is 9.73. The number of hydrogen-bond donors (Lipinski definition) is 2. The first-order valence-corrected chi connectivity index (χ1v) is 6.23. The van der Waals surface area contributed by atoms with E-state index in [1.165, 1.54) is 12.1 Å². The predicted octanol–water partition coefficient (Wildman–Crippen LogP) is 2.13. The molecule has 2 N–H and O–H groups in total. The minimum absolute atomic E-state index is 0.272. The fourth-order valence-corrected chi connectivity index (χ4v) is 2.59. The summed E-state index contributed by atoms with van der Waals surface area (Å²) < 4.78 is 13.1. The molecule has 0 unspecified atom stereocenters. The first-order chi connectivity index (χ1) is 8.53. The molecule has 1 aliphatic heterocycles. The number of aryl methyl sites for hydroxylation is 1. The van der Waals surface area contributed by atoms with Crippen LogP contribution in [0, 0.1) is 18.2 Å². The molecule has 1 heterocycles. The van der Waals surface area contributed by atoms with Crippen molar-refractivity contribution in [2.45, 2.75) is 26.2 Å². The Hall–Kier alpha value is -1.42. The third kappa shape index (κ3) is 2.53. The standard InChI is InChI=1S/C14H18FNO2/c1-10-8-12(15)3-2-11(10)9-14(13(17)18)4-6-16-7-5-14/h2-3,8,16H,4-7,9H2,1H3,(H,17,18). The number of hydrogen-bond acceptors (Lipinski definition) is 2. The van der Waals surface area contributed by atoms with E-state index in [-0.39, 0.29) is 5.82 Å². The first-order valence-electron chi connectivity index (χ1n) is 6.23. The van der Waals surface area contributed by atoms with Crippen molar-refractivity contribution in [2.24, 2.45) is 5.41 Å². The van der Waals surface area contributed by atoms with Gasteiger partial charge in [0.05, 0.1) is 5.41 Å². The Morgan fingerprint density at radius 3 is 2.67 bits per heavy atom. The normalized spacial score (nSPS) is 18.6. The van der Waals surface area contributed by atoms with Gasteiger partial charge in [-0.3, -0.25) is 4.79 Å². The Kier molecular flexibility index (Phi) is 3.66. The molecule has 0 aliphatic carbocycles. The molecule has 1 fully saturated rings. The average molecular weight is 251 g/mol. The zero-order valence-corrected chi connectivity index (χ0v) is 10.5. The number of piperidine rings is 1. The van der Waals surface area contributed by atoms with Gasteiger partial charge in [-0.2, -0.15) is 0 Å². The first kappa shape index (κ1) is 13.0. The zero-order valence-electron chi connectivity index (χ0n) is 10.5. The molecule has 0 saturated carbocycles. The third-order valence-electron chi connectivity index (χ3n) is 3.85. The second-order valence-corrected chi connectivity index (χ2v) is 5.08. The molecule has 0 atom stereocenters. The van der Waals surface area contributed by atoms with Crippen LogP contribution in [-0.4, -0.2) is 24.2 Å². The number of aliphatic carboxylic acids is 1. The summed E-state index contributed by atoms with van der Waals surface area (Å²) in [5, 5.41) is 12.7. The minimum Gasteiger partial charge on any atom is -0.481 e. The Balaban J connectivity index is 2.26. The fraction of sp³-hybridized carbons (Fsp3) is 0.500. The van der Waals surface area contributed by atoms with Crippen molar-refractivity contribution >= 4 is 5.97 Å². The maximum absolute atomic E-state index is 13.1. The number of carboxylic acids is 1. The van der Waals surface area contributed by atoms with Gasteiger partial charge < -0.3 is 10.4 Å². The second-order valence-electron chi connectivity index (χ2n) is 5.08. The van der Waals surface area contributed by atoms with Crippen LogP contribution in [-0.2, 0) is 11.2 Å². The molecule has 98 valence electrons. The highest BCUT2D eigenvalue weighted by atomic mass is 19.1. The SMILES string of the molecule is Cc1cc(F)ccc1CC1(C(=O)O)CCNCC1. The average Bonchev–Trinajstić information content (AvgIpc) is 2.34. The van der Waals surface area contributed by atoms with Gasteiger partial charge in [0.25, 0.3) is 0 Å². The van der Waals surface area contributed by atoms with Crippen LogP contribution in [0.4, 0.5) is 4.39 Å². The molecule has 0 spiro atoms. The van der Waals surface area contributed by atoms with E-state index in [1.54, 1.807) is 6.07 Å². The van der Waals surface area contributed by atoms with Crippen LogP contribution >= 0.6 is 0 Å². The summed E-state index contributed by atoms with van der Waals surface area (Å²) in [5.74, 6) is -1.02. The lowest BCUT2D eigenvalue weighted by Gasteiger charge is -2.34. The van der Waals surface area contributed by atoms with Gasteiger partial charge in [0.1, 0.15) is 5.82 Å². The predicted molar refractivity (Wildman–Crippen MR) is 67.0 cm³/mol. The van der Waals surface area contributed by atoms with Gasteiger partial charge in [-0.1, -0.05) is 6.07 Å². The van der Waals surface area contributed by atoms with E-state index < -0.39 is 11.4 Å². The molecule has 1 aromatic rings. The van der Waals surface area contributed by atoms with Gasteiger partial charge in [0.15, 0.2) is 0 Å². The maximum Gasteiger partial charge on any atom is 0.310 e. The molecular weight excluding hydrogens is 233 g/mol. The van der Waals surface area contributed by atoms with Crippen LogP contribution < -0.4 is 5.32 Å². The largest absolute Gasteiger partial charge is 0.481 e. The van der Waals surface area contributed by atoms with Crippen molar-refractivity contribution in [3.63, 3.8) is 0 Å². The maximum atomic E-state index is 13.1. The molecule has 4 heteroatoms. The highest BCUT2D eigenvalue weighted by molar-refractivity contribution is 5.75. The van der Waals surface area contributed by atoms with Gasteiger partial charge in [-0.15, -0.1) is 0 Å². The quantitative estimate of drug-likeness (QED) is 0.865. The smallest absolute Gasteiger partial charge is 0.310 e. The molecule has 1 aromatic carbocycles. The van der Waals surface area contributed by atoms with Crippen molar-refractivity contribution < 1.29 is 14.3 Å². The summed E-state index contributed by atoms with van der Waals surface area (Å²) >= 11 is 0. The van der Waals surface area contributed by atoms with Gasteiger partial charge in [-0.05, 0) is 62.5 Å². The monoisotopic (exact) mass is 251 g/mol. The molecule has 18 heavy (non-hydrogen) atoms. The van der Waals surface area contributed by atoms with E-state index in [0.29, 0.717) is 19.3 Å². The molecular formula is C14H18FNO2. The molecule has 1 saturated heterocycles. The summed E-state index contributed by atoms with van der Waals surface area (Å²) in [6.07, 6.45) is 1.73. The summed E-state index contributed by atoms with van der Waals surface area (Å²) in [7, 11) is 0. The number of carboxylic acid groups (broad SMARTS) is 1. The Morgan fingerprint density at radius 2 is 2.11 bits per heavy atom. The fourth-order valence-electron chi connectivity index (χ4n) is 2.59. The van der Waals surface area contributed by atoms with E-state index in [2.05, 4.69) is 5.32 Å². The Morgan fingerprint density at radius 1 is 1.44 bits per heavy atom. The number of carbonyl (C=O) groups is 1. The lowest BCUT2D eigenvalue weighted by Crippen LogP contribution is -2.43. The van der Waals surface area contributed by atoms with Gasteiger partial charge in [0, 0.05) is 0 Å². The van der Waals surface area contributed by atoms with Crippen molar-refractivity contribution in [3.8, 4) is 0 Å². The summed E-state index contributed by atoms with van der Waals surface area (Å²) in [5.41, 5.74) is 1.06. The van der Waals surface area contributed by atoms with Crippen molar-refractivity contribution in [2.75, 3.05) is 13.1 Å². The Labute approximate surface area is 106 Å². The van der Waals surface area contributed by atoms with Crippen molar-refractivity contribution in [1.82, 2.24) is 5.32 Å². The molecule has 0 amide bonds. The van der Waals surface area contributed by atoms with E-state index in [1.807, 2.05) is 6.92 Å². The number of rotatable bonds is 3. The summed E-state index contributed by atoms with van der Waals surface area (Å²) in [6.45, 7) is 3.29. The summed E-state index contributed by atoms with van der Waals surface area (Å²) in [4.78, 5) is 11.6. The number of halogens is 1. The lowest BCUT2D eigenvalue weighted by molar-refractivity contribution is -0.150. The highest BCUT2D eigenvalue weighted by Gasteiger charge is 2.39. The van der Waals surface area contributed by atoms with Crippen LogP contribution in [0.15, 0.2) is 18.2 Å². The molecule has 0 aromatic heterocycles. The molecule has 1 aliphatic rings. The van der Waals surface area contributed by atoms with Crippen molar-refractivity contribution in [1.29, 1.82) is 0 Å². The van der Waals surface area contributed by atoms with Crippen LogP contribution in [0.25, 0.3) is 0 Å². The van der Waals surface area contributed by atoms with E-state index in [9.17, 15) is 14.3 Å². The minimum atomic E-state index is -0.743.